The Bertz CT molecular complexity index is 1070. The number of nitrogens with two attached hydrogens (primary N) is 1. The highest BCUT2D eigenvalue weighted by molar-refractivity contribution is 5.84. The van der Waals surface area contributed by atoms with E-state index in [4.69, 9.17) is 14.9 Å². The second kappa shape index (κ2) is 11.0. The summed E-state index contributed by atoms with van der Waals surface area (Å²) < 4.78 is 11.2. The zero-order chi connectivity index (χ0) is 25.8. The fourth-order valence-corrected chi connectivity index (χ4v) is 4.95. The summed E-state index contributed by atoms with van der Waals surface area (Å²) in [5.41, 5.74) is 9.16. The molecule has 0 aliphatic carbocycles. The second-order valence-corrected chi connectivity index (χ2v) is 10.9. The van der Waals surface area contributed by atoms with E-state index in [9.17, 15) is 9.59 Å². The number of benzene rings is 1. The number of nitrogens with zero attached hydrogens (tertiary/aromatic N) is 2. The van der Waals surface area contributed by atoms with Crippen LogP contribution in [0.3, 0.4) is 0 Å². The molecule has 1 aromatic heterocycles. The van der Waals surface area contributed by atoms with Gasteiger partial charge in [0.05, 0.1) is 0 Å². The Labute approximate surface area is 209 Å². The van der Waals surface area contributed by atoms with Crippen molar-refractivity contribution in [2.75, 3.05) is 31.1 Å². The lowest BCUT2D eigenvalue weighted by Crippen LogP contribution is -2.52. The van der Waals surface area contributed by atoms with Crippen molar-refractivity contribution in [2.45, 2.75) is 91.2 Å². The van der Waals surface area contributed by atoms with Crippen molar-refractivity contribution in [1.29, 1.82) is 0 Å². The van der Waals surface area contributed by atoms with E-state index in [1.54, 1.807) is 4.90 Å². The first-order valence-corrected chi connectivity index (χ1v) is 13.0. The van der Waals surface area contributed by atoms with Crippen molar-refractivity contribution in [2.24, 2.45) is 5.73 Å². The molecule has 0 radical (unpaired) electrons. The number of likely N-dealkylation sites (tertiary alicyclic amines) is 1. The highest BCUT2D eigenvalue weighted by Gasteiger charge is 2.33. The molecule has 2 aromatic rings. The SMILES string of the molecule is CCN(CC)c1ccc2c(C)c(CCCCC3(N)CCN(C(=O)OC(C)(C)C)CC3)c(=O)oc2c1. The highest BCUT2D eigenvalue weighted by atomic mass is 16.6. The van der Waals surface area contributed by atoms with Gasteiger partial charge in [-0.2, -0.15) is 0 Å². The van der Waals surface area contributed by atoms with Gasteiger partial charge in [0.15, 0.2) is 0 Å². The quantitative estimate of drug-likeness (QED) is 0.398. The van der Waals surface area contributed by atoms with Gasteiger partial charge in [0.2, 0.25) is 0 Å². The number of amides is 1. The van der Waals surface area contributed by atoms with Gasteiger partial charge in [0.1, 0.15) is 11.2 Å². The van der Waals surface area contributed by atoms with Gasteiger partial charge >= 0.3 is 11.7 Å². The summed E-state index contributed by atoms with van der Waals surface area (Å²) in [5, 5.41) is 1.00. The summed E-state index contributed by atoms with van der Waals surface area (Å²) in [7, 11) is 0. The smallest absolute Gasteiger partial charge is 0.410 e. The van der Waals surface area contributed by atoms with Crippen LogP contribution in [0.2, 0.25) is 0 Å². The van der Waals surface area contributed by atoms with Crippen molar-refractivity contribution in [3.05, 3.63) is 39.7 Å². The van der Waals surface area contributed by atoms with Crippen LogP contribution >= 0.6 is 0 Å². The fraction of sp³-hybridized carbons (Fsp3) is 0.643. The molecule has 194 valence electrons. The topological polar surface area (TPSA) is 89.0 Å². The second-order valence-electron chi connectivity index (χ2n) is 10.9. The summed E-state index contributed by atoms with van der Waals surface area (Å²) in [6.07, 6.45) is 4.63. The van der Waals surface area contributed by atoms with E-state index in [-0.39, 0.29) is 17.3 Å². The van der Waals surface area contributed by atoms with E-state index < -0.39 is 5.60 Å². The Kier molecular flexibility index (Phi) is 8.52. The zero-order valence-electron chi connectivity index (χ0n) is 22.4. The molecule has 0 atom stereocenters. The first-order valence-electron chi connectivity index (χ1n) is 13.0. The molecule has 3 rings (SSSR count). The summed E-state index contributed by atoms with van der Waals surface area (Å²) in [6, 6.07) is 6.15. The summed E-state index contributed by atoms with van der Waals surface area (Å²) in [5.74, 6) is 0. The summed E-state index contributed by atoms with van der Waals surface area (Å²) in [4.78, 5) is 29.1. The maximum absolute atomic E-state index is 12.8. The van der Waals surface area contributed by atoms with Crippen LogP contribution in [-0.2, 0) is 11.2 Å². The third kappa shape index (κ3) is 6.78. The molecule has 0 unspecified atom stereocenters. The Morgan fingerprint density at radius 3 is 2.43 bits per heavy atom. The largest absolute Gasteiger partial charge is 0.444 e. The summed E-state index contributed by atoms with van der Waals surface area (Å²) >= 11 is 0. The molecule has 7 heteroatoms. The average molecular weight is 486 g/mol. The van der Waals surface area contributed by atoms with E-state index in [1.807, 2.05) is 33.8 Å². The first kappa shape index (κ1) is 27.1. The Hall–Kier alpha value is -2.54. The number of fused-ring (bicyclic) bond motifs is 1. The van der Waals surface area contributed by atoms with Crippen LogP contribution in [0.5, 0.6) is 0 Å². The van der Waals surface area contributed by atoms with Crippen LogP contribution < -0.4 is 16.3 Å². The minimum Gasteiger partial charge on any atom is -0.444 e. The molecule has 1 fully saturated rings. The maximum Gasteiger partial charge on any atom is 0.410 e. The van der Waals surface area contributed by atoms with Crippen LogP contribution in [0.15, 0.2) is 27.4 Å². The number of carbonyl (C=O) groups excluding carboxylic acids is 1. The number of anilines is 1. The van der Waals surface area contributed by atoms with Gasteiger partial charge in [0, 0.05) is 54.4 Å². The van der Waals surface area contributed by atoms with E-state index >= 15 is 0 Å². The average Bonchev–Trinajstić information content (AvgIpc) is 2.78. The predicted octanol–water partition coefficient (Wildman–Crippen LogP) is 5.39. The van der Waals surface area contributed by atoms with Crippen molar-refractivity contribution in [3.8, 4) is 0 Å². The van der Waals surface area contributed by atoms with Crippen LogP contribution in [0.25, 0.3) is 11.0 Å². The van der Waals surface area contributed by atoms with Crippen molar-refractivity contribution in [1.82, 2.24) is 4.90 Å². The van der Waals surface area contributed by atoms with Gasteiger partial charge in [-0.1, -0.05) is 6.42 Å². The zero-order valence-corrected chi connectivity index (χ0v) is 22.4. The normalized spacial score (nSPS) is 15.9. The molecule has 1 saturated heterocycles. The third-order valence-corrected chi connectivity index (χ3v) is 7.16. The van der Waals surface area contributed by atoms with E-state index in [1.165, 1.54) is 0 Å². The van der Waals surface area contributed by atoms with Crippen molar-refractivity contribution in [3.63, 3.8) is 0 Å². The molecule has 0 spiro atoms. The fourth-order valence-electron chi connectivity index (χ4n) is 4.95. The van der Waals surface area contributed by atoms with Gasteiger partial charge in [-0.3, -0.25) is 0 Å². The minimum atomic E-state index is -0.490. The van der Waals surface area contributed by atoms with Gasteiger partial charge in [-0.15, -0.1) is 0 Å². The molecule has 2 N–H and O–H groups in total. The molecule has 0 bridgehead atoms. The number of hydrogen-bond acceptors (Lipinski definition) is 6. The first-order chi connectivity index (χ1) is 16.5. The Balaban J connectivity index is 1.56. The van der Waals surface area contributed by atoms with E-state index in [2.05, 4.69) is 30.9 Å². The molecule has 7 nitrogen and oxygen atoms in total. The molecular formula is C28H43N3O4. The van der Waals surface area contributed by atoms with E-state index in [0.717, 1.165) is 67.4 Å². The molecular weight excluding hydrogens is 442 g/mol. The number of ether oxygens (including phenoxy) is 1. The van der Waals surface area contributed by atoms with Crippen LogP contribution in [0, 0.1) is 6.92 Å². The van der Waals surface area contributed by atoms with Gasteiger partial charge in [0.25, 0.3) is 0 Å². The molecule has 1 amide bonds. The van der Waals surface area contributed by atoms with Crippen molar-refractivity contribution >= 4 is 22.7 Å². The number of unbranched alkanes of at least 4 members (excludes halogenated alkanes) is 1. The van der Waals surface area contributed by atoms with Crippen LogP contribution in [0.1, 0.15) is 77.8 Å². The molecule has 0 saturated carbocycles. The molecule has 35 heavy (non-hydrogen) atoms. The number of aryl methyl sites for hydroxylation is 1. The molecule has 1 aromatic carbocycles. The number of rotatable bonds is 8. The monoisotopic (exact) mass is 485 g/mol. The van der Waals surface area contributed by atoms with Crippen LogP contribution in [0.4, 0.5) is 10.5 Å². The Morgan fingerprint density at radius 1 is 1.17 bits per heavy atom. The predicted molar refractivity (Wildman–Crippen MR) is 142 cm³/mol. The Morgan fingerprint density at radius 2 is 1.83 bits per heavy atom. The third-order valence-electron chi connectivity index (χ3n) is 7.16. The summed E-state index contributed by atoms with van der Waals surface area (Å²) in [6.45, 7) is 14.9. The lowest BCUT2D eigenvalue weighted by atomic mass is 9.83. The lowest BCUT2D eigenvalue weighted by Gasteiger charge is -2.39. The highest BCUT2D eigenvalue weighted by Crippen LogP contribution is 2.28. The number of hydrogen-bond donors (Lipinski definition) is 1. The lowest BCUT2D eigenvalue weighted by molar-refractivity contribution is 0.0163. The molecule has 1 aliphatic rings. The molecule has 1 aliphatic heterocycles. The number of carbonyl (C=O) groups is 1. The van der Waals surface area contributed by atoms with Gasteiger partial charge < -0.3 is 24.7 Å². The van der Waals surface area contributed by atoms with Crippen LogP contribution in [-0.4, -0.2) is 48.3 Å². The minimum absolute atomic E-state index is 0.236. The molecule has 2 heterocycles. The number of piperidine rings is 1. The van der Waals surface area contributed by atoms with Crippen molar-refractivity contribution < 1.29 is 13.9 Å². The standard InChI is InChI=1S/C28H43N3O4/c1-7-30(8-2)21-12-13-22-20(3)23(25(32)34-24(22)19-21)11-9-10-14-28(29)15-17-31(18-16-28)26(33)35-27(4,5)6/h12-13,19H,7-11,14-18,29H2,1-6H3. The van der Waals surface area contributed by atoms with E-state index in [0.29, 0.717) is 25.1 Å². The van der Waals surface area contributed by atoms with Gasteiger partial charge in [-0.25, -0.2) is 9.59 Å². The van der Waals surface area contributed by atoms with Gasteiger partial charge in [-0.05, 0) is 91.3 Å². The maximum atomic E-state index is 12.8.